The Bertz CT molecular complexity index is 919. The van der Waals surface area contributed by atoms with Crippen LogP contribution < -0.4 is 5.32 Å². The number of ether oxygens (including phenoxy) is 1. The molecule has 0 saturated heterocycles. The minimum atomic E-state index is -0.463. The van der Waals surface area contributed by atoms with E-state index in [4.69, 9.17) is 4.74 Å². The summed E-state index contributed by atoms with van der Waals surface area (Å²) < 4.78 is 18.6. The summed E-state index contributed by atoms with van der Waals surface area (Å²) in [4.78, 5) is 15.5. The number of esters is 1. The maximum absolute atomic E-state index is 13.7. The van der Waals surface area contributed by atoms with Crippen LogP contribution in [0.5, 0.6) is 0 Å². The van der Waals surface area contributed by atoms with Gasteiger partial charge in [-0.25, -0.2) is 4.39 Å². The van der Waals surface area contributed by atoms with Gasteiger partial charge in [0.15, 0.2) is 0 Å². The number of aromatic amines is 1. The molecule has 1 aliphatic heterocycles. The van der Waals surface area contributed by atoms with Gasteiger partial charge in [-0.05, 0) is 29.3 Å². The van der Waals surface area contributed by atoms with Crippen molar-refractivity contribution in [2.75, 3.05) is 7.11 Å². The number of para-hydroxylation sites is 1. The molecule has 1 aliphatic rings. The third-order valence-corrected chi connectivity index (χ3v) is 4.58. The Labute approximate surface area is 138 Å². The van der Waals surface area contributed by atoms with Crippen molar-refractivity contribution in [3.05, 3.63) is 71.2 Å². The normalized spacial score (nSPS) is 19.9. The molecule has 0 fully saturated rings. The van der Waals surface area contributed by atoms with Crippen LogP contribution in [0.4, 0.5) is 4.39 Å². The summed E-state index contributed by atoms with van der Waals surface area (Å²) in [5, 5.41) is 4.38. The van der Waals surface area contributed by atoms with Gasteiger partial charge in [0.2, 0.25) is 0 Å². The van der Waals surface area contributed by atoms with E-state index in [0.717, 1.165) is 27.7 Å². The highest BCUT2D eigenvalue weighted by molar-refractivity contribution is 5.87. The first-order chi connectivity index (χ1) is 11.7. The molecule has 1 aromatic heterocycles. The molecule has 1 unspecified atom stereocenters. The number of nitrogens with one attached hydrogen (secondary N) is 2. The Hall–Kier alpha value is -2.66. The fourth-order valence-electron chi connectivity index (χ4n) is 3.48. The van der Waals surface area contributed by atoms with E-state index >= 15 is 0 Å². The molecule has 122 valence electrons. The highest BCUT2D eigenvalue weighted by Gasteiger charge is 2.34. The van der Waals surface area contributed by atoms with Gasteiger partial charge in [-0.2, -0.15) is 0 Å². The number of halogens is 1. The lowest BCUT2D eigenvalue weighted by Gasteiger charge is -2.30. The third-order valence-electron chi connectivity index (χ3n) is 4.58. The highest BCUT2D eigenvalue weighted by Crippen LogP contribution is 2.35. The molecule has 0 bridgehead atoms. The Morgan fingerprint density at radius 2 is 2.04 bits per heavy atom. The quantitative estimate of drug-likeness (QED) is 0.712. The number of hydrogen-bond acceptors (Lipinski definition) is 3. The Kier molecular flexibility index (Phi) is 3.58. The molecule has 0 spiro atoms. The van der Waals surface area contributed by atoms with E-state index < -0.39 is 6.04 Å². The van der Waals surface area contributed by atoms with Crippen molar-refractivity contribution in [1.29, 1.82) is 0 Å². The number of carbonyl (C=O) groups excluding carboxylic acids is 1. The van der Waals surface area contributed by atoms with Crippen LogP contribution in [-0.2, 0) is 16.0 Å². The molecular formula is C19H17FN2O2. The number of hydrogen-bond donors (Lipinski definition) is 2. The maximum Gasteiger partial charge on any atom is 0.323 e. The number of benzene rings is 2. The van der Waals surface area contributed by atoms with Crippen LogP contribution >= 0.6 is 0 Å². The molecule has 0 amide bonds. The van der Waals surface area contributed by atoms with E-state index in [1.165, 1.54) is 19.2 Å². The lowest BCUT2D eigenvalue weighted by molar-refractivity contribution is -0.143. The molecule has 2 aromatic carbocycles. The van der Waals surface area contributed by atoms with E-state index in [1.807, 2.05) is 30.3 Å². The molecule has 24 heavy (non-hydrogen) atoms. The van der Waals surface area contributed by atoms with Crippen LogP contribution in [0, 0.1) is 5.82 Å². The van der Waals surface area contributed by atoms with Crippen LogP contribution in [0.25, 0.3) is 10.9 Å². The minimum absolute atomic E-state index is 0.291. The van der Waals surface area contributed by atoms with Crippen LogP contribution in [0.3, 0.4) is 0 Å². The van der Waals surface area contributed by atoms with Crippen LogP contribution in [0.15, 0.2) is 48.5 Å². The first kappa shape index (κ1) is 14.9. The van der Waals surface area contributed by atoms with Gasteiger partial charge in [-0.3, -0.25) is 10.1 Å². The summed E-state index contributed by atoms with van der Waals surface area (Å²) in [5.74, 6) is -0.612. The lowest BCUT2D eigenvalue weighted by Crippen LogP contribution is -2.45. The van der Waals surface area contributed by atoms with E-state index in [1.54, 1.807) is 6.07 Å². The van der Waals surface area contributed by atoms with Crippen molar-refractivity contribution in [2.24, 2.45) is 0 Å². The monoisotopic (exact) mass is 324 g/mol. The SMILES string of the molecule is COC(=O)[C@@H]1Cc2c([nH]c3ccccc23)C(c2cccc(F)c2)N1. The molecule has 2 N–H and O–H groups in total. The molecule has 2 heterocycles. The smallest absolute Gasteiger partial charge is 0.323 e. The van der Waals surface area contributed by atoms with E-state index in [-0.39, 0.29) is 17.8 Å². The summed E-state index contributed by atoms with van der Waals surface area (Å²) in [6, 6.07) is 13.7. The number of methoxy groups -OCH3 is 1. The second kappa shape index (κ2) is 5.76. The van der Waals surface area contributed by atoms with Crippen molar-refractivity contribution in [1.82, 2.24) is 10.3 Å². The molecule has 3 aromatic rings. The Morgan fingerprint density at radius 1 is 1.21 bits per heavy atom. The molecule has 0 aliphatic carbocycles. The van der Waals surface area contributed by atoms with E-state index in [0.29, 0.717) is 6.42 Å². The molecule has 0 saturated carbocycles. The first-order valence-corrected chi connectivity index (χ1v) is 7.86. The number of carbonyl (C=O) groups is 1. The third kappa shape index (κ3) is 2.37. The number of aromatic nitrogens is 1. The zero-order valence-electron chi connectivity index (χ0n) is 13.2. The van der Waals surface area contributed by atoms with E-state index in [9.17, 15) is 9.18 Å². The van der Waals surface area contributed by atoms with E-state index in [2.05, 4.69) is 10.3 Å². The highest BCUT2D eigenvalue weighted by atomic mass is 19.1. The predicted octanol–water partition coefficient (Wildman–Crippen LogP) is 3.08. The molecule has 4 rings (SSSR count). The van der Waals surface area contributed by atoms with Gasteiger partial charge in [0.05, 0.1) is 13.2 Å². The average molecular weight is 324 g/mol. The van der Waals surface area contributed by atoms with Crippen LogP contribution in [0.1, 0.15) is 22.9 Å². The van der Waals surface area contributed by atoms with Gasteiger partial charge < -0.3 is 9.72 Å². The second-order valence-electron chi connectivity index (χ2n) is 6.00. The molecular weight excluding hydrogens is 307 g/mol. The standard InChI is InChI=1S/C19H17FN2O2/c1-24-19(23)16-10-14-13-7-2-3-8-15(13)21-18(14)17(22-16)11-5-4-6-12(20)9-11/h2-9,16-17,21-22H,10H2,1H3/t16-,17?/m0/s1. The first-order valence-electron chi connectivity index (χ1n) is 7.86. The summed E-state index contributed by atoms with van der Waals surface area (Å²) in [7, 11) is 1.38. The Morgan fingerprint density at radius 3 is 2.83 bits per heavy atom. The van der Waals surface area contributed by atoms with Crippen molar-refractivity contribution < 1.29 is 13.9 Å². The summed E-state index contributed by atoms with van der Waals surface area (Å²) in [5.41, 5.74) is 3.84. The fraction of sp³-hybridized carbons (Fsp3) is 0.211. The maximum atomic E-state index is 13.7. The predicted molar refractivity (Wildman–Crippen MR) is 89.2 cm³/mol. The minimum Gasteiger partial charge on any atom is -0.468 e. The van der Waals surface area contributed by atoms with Gasteiger partial charge in [-0.1, -0.05) is 30.3 Å². The van der Waals surface area contributed by atoms with Gasteiger partial charge in [0.25, 0.3) is 0 Å². The van der Waals surface area contributed by atoms with Crippen molar-refractivity contribution >= 4 is 16.9 Å². The fourth-order valence-corrected chi connectivity index (χ4v) is 3.48. The van der Waals surface area contributed by atoms with Crippen molar-refractivity contribution in [3.8, 4) is 0 Å². The van der Waals surface area contributed by atoms with Gasteiger partial charge in [-0.15, -0.1) is 0 Å². The van der Waals surface area contributed by atoms with Gasteiger partial charge in [0, 0.05) is 23.0 Å². The number of fused-ring (bicyclic) bond motifs is 3. The topological polar surface area (TPSA) is 54.1 Å². The molecule has 4 nitrogen and oxygen atoms in total. The summed E-state index contributed by atoms with van der Waals surface area (Å²) >= 11 is 0. The van der Waals surface area contributed by atoms with Crippen molar-refractivity contribution in [3.63, 3.8) is 0 Å². The lowest BCUT2D eigenvalue weighted by atomic mass is 9.90. The van der Waals surface area contributed by atoms with Crippen molar-refractivity contribution in [2.45, 2.75) is 18.5 Å². The Balaban J connectivity index is 1.88. The molecule has 0 radical (unpaired) electrons. The largest absolute Gasteiger partial charge is 0.468 e. The summed E-state index contributed by atoms with van der Waals surface area (Å²) in [6.07, 6.45) is 0.540. The second-order valence-corrected chi connectivity index (χ2v) is 6.00. The number of rotatable bonds is 2. The zero-order valence-corrected chi connectivity index (χ0v) is 13.2. The van der Waals surface area contributed by atoms with Gasteiger partial charge >= 0.3 is 5.97 Å². The van der Waals surface area contributed by atoms with Crippen LogP contribution in [0.2, 0.25) is 0 Å². The van der Waals surface area contributed by atoms with Crippen LogP contribution in [-0.4, -0.2) is 24.1 Å². The average Bonchev–Trinajstić information content (AvgIpc) is 2.99. The zero-order chi connectivity index (χ0) is 16.7. The molecule has 5 heteroatoms. The van der Waals surface area contributed by atoms with Gasteiger partial charge in [0.1, 0.15) is 11.9 Å². The summed E-state index contributed by atoms with van der Waals surface area (Å²) in [6.45, 7) is 0. The molecule has 2 atom stereocenters. The number of H-pyrrole nitrogens is 1.